The van der Waals surface area contributed by atoms with E-state index in [0.717, 1.165) is 5.75 Å². The van der Waals surface area contributed by atoms with Crippen molar-refractivity contribution in [2.75, 3.05) is 5.75 Å². The Bertz CT molecular complexity index is 20.0. The maximum Gasteiger partial charge on any atom is 1.00 e. The van der Waals surface area contributed by atoms with Crippen LogP contribution in [0, 0.1) is 0 Å². The molecule has 0 aliphatic rings. The molecule has 0 aromatic heterocycles. The van der Waals surface area contributed by atoms with Gasteiger partial charge in [0.25, 0.3) is 0 Å². The van der Waals surface area contributed by atoms with Crippen molar-refractivity contribution in [2.45, 2.75) is 26.2 Å². The molecule has 0 aromatic carbocycles. The Hall–Kier alpha value is 1.35. The summed E-state index contributed by atoms with van der Waals surface area (Å²) in [5.74, 6) is 0.938. The van der Waals surface area contributed by atoms with Gasteiger partial charge in [-0.1, -0.05) is 26.2 Å². The van der Waals surface area contributed by atoms with Crippen LogP contribution in [-0.4, -0.2) is 5.75 Å². The van der Waals surface area contributed by atoms with Crippen molar-refractivity contribution in [3.8, 4) is 0 Å². The molecule has 0 nitrogen and oxygen atoms in total. The monoisotopic (exact) mass is 126 g/mol. The van der Waals surface area contributed by atoms with E-state index in [1.54, 1.807) is 0 Å². The molecule has 0 bridgehead atoms. The van der Waals surface area contributed by atoms with E-state index < -0.39 is 0 Å². The van der Waals surface area contributed by atoms with Crippen molar-refractivity contribution in [1.29, 1.82) is 0 Å². The van der Waals surface area contributed by atoms with Crippen LogP contribution in [0.5, 0.6) is 0 Å². The van der Waals surface area contributed by atoms with Gasteiger partial charge in [-0.05, 0) is 0 Å². The van der Waals surface area contributed by atoms with Crippen LogP contribution < -0.4 is 29.6 Å². The van der Waals surface area contributed by atoms with Crippen LogP contribution in [0.4, 0.5) is 0 Å². The molecule has 2 heteroatoms. The van der Waals surface area contributed by atoms with Gasteiger partial charge in [0.15, 0.2) is 0 Å². The van der Waals surface area contributed by atoms with Crippen molar-refractivity contribution in [2.24, 2.45) is 0 Å². The Morgan fingerprint density at radius 3 is 2.00 bits per heavy atom. The van der Waals surface area contributed by atoms with Gasteiger partial charge < -0.3 is 12.6 Å². The molecule has 0 saturated carbocycles. The van der Waals surface area contributed by atoms with Crippen LogP contribution in [0.1, 0.15) is 26.2 Å². The third-order valence-corrected chi connectivity index (χ3v) is 1.04. The minimum Gasteiger partial charge on any atom is -0.793 e. The van der Waals surface area contributed by atoms with Gasteiger partial charge in [0, 0.05) is 0 Å². The average molecular weight is 126 g/mol. The second kappa shape index (κ2) is 10.4. The van der Waals surface area contributed by atoms with Crippen LogP contribution in [0.15, 0.2) is 0 Å². The van der Waals surface area contributed by atoms with Gasteiger partial charge in [-0.3, -0.25) is 0 Å². The summed E-state index contributed by atoms with van der Waals surface area (Å²) in [4.78, 5) is 0. The quantitative estimate of drug-likeness (QED) is 0.258. The second-order valence-electron chi connectivity index (χ2n) is 1.41. The largest absolute Gasteiger partial charge is 1.00 e. The standard InChI is InChI=1S/C5H12S.Na/c1-2-3-4-5-6;/h6H,2-5H2,1H3;/q;+1/p-1. The van der Waals surface area contributed by atoms with Gasteiger partial charge in [0.1, 0.15) is 0 Å². The van der Waals surface area contributed by atoms with Gasteiger partial charge in [-0.25, -0.2) is 0 Å². The molecule has 0 radical (unpaired) electrons. The normalized spacial score (nSPS) is 7.71. The summed E-state index contributed by atoms with van der Waals surface area (Å²) in [6, 6.07) is 0. The van der Waals surface area contributed by atoms with E-state index in [2.05, 4.69) is 6.92 Å². The number of hydrogen-bond donors (Lipinski definition) is 0. The summed E-state index contributed by atoms with van der Waals surface area (Å²) >= 11 is 4.72. The Morgan fingerprint density at radius 2 is 1.86 bits per heavy atom. The summed E-state index contributed by atoms with van der Waals surface area (Å²) in [6.45, 7) is 2.19. The fraction of sp³-hybridized carbons (Fsp3) is 1.00. The zero-order valence-electron chi connectivity index (χ0n) is 5.24. The number of unbranched alkanes of at least 4 members (excludes halogenated alkanes) is 2. The Balaban J connectivity index is 0. The molecule has 0 atom stereocenters. The number of hydrogen-bond acceptors (Lipinski definition) is 1. The van der Waals surface area contributed by atoms with Crippen LogP contribution in [0.2, 0.25) is 0 Å². The first kappa shape index (κ1) is 11.2. The summed E-state index contributed by atoms with van der Waals surface area (Å²) in [5, 5.41) is 0. The topological polar surface area (TPSA) is 0 Å². The zero-order chi connectivity index (χ0) is 4.83. The molecule has 0 spiro atoms. The molecule has 0 amide bonds. The minimum absolute atomic E-state index is 0. The van der Waals surface area contributed by atoms with E-state index in [9.17, 15) is 0 Å². The minimum atomic E-state index is 0. The summed E-state index contributed by atoms with van der Waals surface area (Å²) in [7, 11) is 0. The molecule has 0 aromatic rings. The summed E-state index contributed by atoms with van der Waals surface area (Å²) in [6.07, 6.45) is 3.83. The van der Waals surface area contributed by atoms with Crippen LogP contribution >= 0.6 is 0 Å². The van der Waals surface area contributed by atoms with E-state index in [1.807, 2.05) is 0 Å². The molecule has 7 heavy (non-hydrogen) atoms. The maximum atomic E-state index is 4.72. The molecule has 0 aliphatic carbocycles. The molecule has 38 valence electrons. The second-order valence-corrected chi connectivity index (χ2v) is 1.82. The Kier molecular flexibility index (Phi) is 16.5. The van der Waals surface area contributed by atoms with Gasteiger partial charge in [-0.2, -0.15) is 5.75 Å². The maximum absolute atomic E-state index is 4.72. The molecule has 0 heterocycles. The van der Waals surface area contributed by atoms with Crippen LogP contribution in [0.25, 0.3) is 0 Å². The van der Waals surface area contributed by atoms with Crippen molar-refractivity contribution in [3.05, 3.63) is 0 Å². The summed E-state index contributed by atoms with van der Waals surface area (Å²) < 4.78 is 0. The van der Waals surface area contributed by atoms with Crippen LogP contribution in [-0.2, 0) is 12.6 Å². The first-order chi connectivity index (χ1) is 2.91. The van der Waals surface area contributed by atoms with Crippen molar-refractivity contribution >= 4 is 12.6 Å². The average Bonchev–Trinajstić information content (AvgIpc) is 1.61. The molecule has 0 unspecified atom stereocenters. The van der Waals surface area contributed by atoms with Crippen molar-refractivity contribution in [1.82, 2.24) is 0 Å². The van der Waals surface area contributed by atoms with E-state index >= 15 is 0 Å². The van der Waals surface area contributed by atoms with Crippen LogP contribution in [0.3, 0.4) is 0 Å². The summed E-state index contributed by atoms with van der Waals surface area (Å²) in [5.41, 5.74) is 0. The molecular formula is C5H11NaS. The van der Waals surface area contributed by atoms with Gasteiger partial charge in [0.05, 0.1) is 0 Å². The van der Waals surface area contributed by atoms with Crippen molar-refractivity contribution < 1.29 is 29.6 Å². The van der Waals surface area contributed by atoms with Crippen molar-refractivity contribution in [3.63, 3.8) is 0 Å². The molecule has 0 fully saturated rings. The first-order valence-electron chi connectivity index (χ1n) is 2.50. The Morgan fingerprint density at radius 1 is 1.29 bits per heavy atom. The molecule has 0 rings (SSSR count). The Labute approximate surface area is 73.8 Å². The molecule has 0 N–H and O–H groups in total. The fourth-order valence-corrected chi connectivity index (χ4v) is 0.556. The third kappa shape index (κ3) is 11.1. The SMILES string of the molecule is CCCCC[S-].[Na+]. The predicted octanol–water partition coefficient (Wildman–Crippen LogP) is -1.27. The molecule has 0 saturated heterocycles. The van der Waals surface area contributed by atoms with Gasteiger partial charge in [-0.15, -0.1) is 0 Å². The molecular weight excluding hydrogens is 115 g/mol. The fourth-order valence-electron chi connectivity index (χ4n) is 0.352. The first-order valence-corrected chi connectivity index (χ1v) is 3.07. The zero-order valence-corrected chi connectivity index (χ0v) is 8.05. The van der Waals surface area contributed by atoms with E-state index in [-0.39, 0.29) is 29.6 Å². The smallest absolute Gasteiger partial charge is 0.793 e. The number of rotatable bonds is 3. The van der Waals surface area contributed by atoms with Gasteiger partial charge >= 0.3 is 29.6 Å². The third-order valence-electron chi connectivity index (χ3n) is 0.748. The van der Waals surface area contributed by atoms with E-state index in [1.165, 1.54) is 19.3 Å². The molecule has 0 aliphatic heterocycles. The van der Waals surface area contributed by atoms with Gasteiger partial charge in [0.2, 0.25) is 0 Å². The van der Waals surface area contributed by atoms with E-state index in [4.69, 9.17) is 12.6 Å². The van der Waals surface area contributed by atoms with E-state index in [0.29, 0.717) is 0 Å². The predicted molar refractivity (Wildman–Crippen MR) is 31.8 cm³/mol.